The molecule has 0 radical (unpaired) electrons. The zero-order chi connectivity index (χ0) is 14.4. The van der Waals surface area contributed by atoms with Gasteiger partial charge < -0.3 is 10.4 Å². The number of amides is 1. The van der Waals surface area contributed by atoms with Gasteiger partial charge in [-0.15, -0.1) is 0 Å². The van der Waals surface area contributed by atoms with Gasteiger partial charge in [0.05, 0.1) is 12.6 Å². The Hall–Kier alpha value is -1.13. The average Bonchev–Trinajstić information content (AvgIpc) is 2.34. The van der Waals surface area contributed by atoms with Crippen molar-refractivity contribution < 1.29 is 9.90 Å². The second kappa shape index (κ2) is 7.46. The number of rotatable bonds is 6. The molecule has 0 aromatic carbocycles. The number of hydrogen-bond acceptors (Lipinski definition) is 3. The third-order valence-corrected chi connectivity index (χ3v) is 3.13. The van der Waals surface area contributed by atoms with Gasteiger partial charge in [0.2, 0.25) is 0 Å². The fourth-order valence-corrected chi connectivity index (χ4v) is 1.97. The smallest absolute Gasteiger partial charge is 0.251 e. The maximum absolute atomic E-state index is 12.1. The van der Waals surface area contributed by atoms with Gasteiger partial charge in [0, 0.05) is 11.3 Å². The van der Waals surface area contributed by atoms with E-state index in [1.54, 1.807) is 12.1 Å². The van der Waals surface area contributed by atoms with Crippen molar-refractivity contribution in [3.8, 4) is 0 Å². The molecular formula is C14H21ClN2O2. The lowest BCUT2D eigenvalue weighted by molar-refractivity contribution is 0.0896. The Kier molecular flexibility index (Phi) is 6.25. The van der Waals surface area contributed by atoms with Crippen LogP contribution in [0.25, 0.3) is 0 Å². The van der Waals surface area contributed by atoms with Crippen LogP contribution in [0.2, 0.25) is 5.15 Å². The summed E-state index contributed by atoms with van der Waals surface area (Å²) in [6.45, 7) is 5.86. The molecule has 1 aromatic rings. The van der Waals surface area contributed by atoms with E-state index in [1.165, 1.54) is 0 Å². The van der Waals surface area contributed by atoms with Gasteiger partial charge in [0.25, 0.3) is 5.91 Å². The van der Waals surface area contributed by atoms with Crippen LogP contribution in [0, 0.1) is 5.92 Å². The summed E-state index contributed by atoms with van der Waals surface area (Å²) < 4.78 is 0. The molecule has 1 rings (SSSR count). The molecule has 0 aliphatic carbocycles. The third-order valence-electron chi connectivity index (χ3n) is 2.93. The number of nitrogens with zero attached hydrogens (tertiary/aromatic N) is 1. The topological polar surface area (TPSA) is 62.2 Å². The number of aromatic nitrogens is 1. The van der Waals surface area contributed by atoms with Crippen molar-refractivity contribution in [2.45, 2.75) is 39.7 Å². The molecule has 1 unspecified atom stereocenters. The molecule has 0 aliphatic heterocycles. The maximum atomic E-state index is 12.1. The summed E-state index contributed by atoms with van der Waals surface area (Å²) in [5, 5.41) is 12.4. The molecule has 1 atom stereocenters. The Morgan fingerprint density at radius 2 is 2.16 bits per heavy atom. The number of hydrogen-bond donors (Lipinski definition) is 2. The van der Waals surface area contributed by atoms with E-state index in [0.29, 0.717) is 10.7 Å². The Morgan fingerprint density at radius 1 is 1.47 bits per heavy atom. The molecule has 0 spiro atoms. The largest absolute Gasteiger partial charge is 0.394 e. The summed E-state index contributed by atoms with van der Waals surface area (Å²) >= 11 is 5.92. The van der Waals surface area contributed by atoms with Gasteiger partial charge in [-0.05, 0) is 24.5 Å². The summed E-state index contributed by atoms with van der Waals surface area (Å²) in [6.07, 6.45) is 1.73. The Morgan fingerprint density at radius 3 is 2.68 bits per heavy atom. The number of nitrogens with one attached hydrogen (secondary N) is 1. The molecule has 5 heteroatoms. The first-order valence-corrected chi connectivity index (χ1v) is 6.93. The van der Waals surface area contributed by atoms with Gasteiger partial charge in [0.1, 0.15) is 5.15 Å². The first-order valence-electron chi connectivity index (χ1n) is 6.56. The van der Waals surface area contributed by atoms with Crippen LogP contribution in [0.3, 0.4) is 0 Å². The first kappa shape index (κ1) is 15.9. The molecule has 0 saturated carbocycles. The number of carbonyl (C=O) groups excluding carboxylic acids is 1. The highest BCUT2D eigenvalue weighted by atomic mass is 35.5. The lowest BCUT2D eigenvalue weighted by atomic mass is 10.0. The molecular weight excluding hydrogens is 264 g/mol. The number of halogens is 1. The van der Waals surface area contributed by atoms with Gasteiger partial charge >= 0.3 is 0 Å². The molecule has 19 heavy (non-hydrogen) atoms. The molecule has 0 aliphatic rings. The summed E-state index contributed by atoms with van der Waals surface area (Å²) in [7, 11) is 0. The Labute approximate surface area is 119 Å². The van der Waals surface area contributed by atoms with E-state index in [9.17, 15) is 9.90 Å². The molecule has 106 valence electrons. The molecule has 1 amide bonds. The van der Waals surface area contributed by atoms with E-state index in [0.717, 1.165) is 18.5 Å². The fourth-order valence-electron chi connectivity index (χ4n) is 1.74. The standard InChI is InChI=1S/C14H21ClN2O2/c1-4-5-11-6-10(7-13(15)16-11)14(19)17-12(8-18)9(2)3/h6-7,9,12,18H,4-5,8H2,1-3H3,(H,17,19). The number of aryl methyl sites for hydroxylation is 1. The van der Waals surface area contributed by atoms with E-state index in [4.69, 9.17) is 11.6 Å². The van der Waals surface area contributed by atoms with Crippen molar-refractivity contribution in [2.24, 2.45) is 5.92 Å². The second-order valence-electron chi connectivity index (χ2n) is 4.93. The van der Waals surface area contributed by atoms with Gasteiger partial charge in [0.15, 0.2) is 0 Å². The first-order chi connectivity index (χ1) is 8.97. The van der Waals surface area contributed by atoms with Gasteiger partial charge in [-0.25, -0.2) is 4.98 Å². The molecule has 0 saturated heterocycles. The molecule has 4 nitrogen and oxygen atoms in total. The highest BCUT2D eigenvalue weighted by Crippen LogP contribution is 2.13. The van der Waals surface area contributed by atoms with Crippen molar-refractivity contribution >= 4 is 17.5 Å². The number of pyridine rings is 1. The van der Waals surface area contributed by atoms with Crippen LogP contribution in [0.4, 0.5) is 0 Å². The molecule has 2 N–H and O–H groups in total. The van der Waals surface area contributed by atoms with Crippen molar-refractivity contribution in [1.29, 1.82) is 0 Å². The molecule has 0 bridgehead atoms. The van der Waals surface area contributed by atoms with Gasteiger partial charge in [-0.2, -0.15) is 0 Å². The third kappa shape index (κ3) is 4.80. The van der Waals surface area contributed by atoms with E-state index < -0.39 is 0 Å². The zero-order valence-corrected chi connectivity index (χ0v) is 12.4. The molecule has 1 heterocycles. The van der Waals surface area contributed by atoms with Crippen LogP contribution in [-0.4, -0.2) is 28.6 Å². The van der Waals surface area contributed by atoms with Crippen LogP contribution in [0.5, 0.6) is 0 Å². The average molecular weight is 285 g/mol. The summed E-state index contributed by atoms with van der Waals surface area (Å²) in [4.78, 5) is 16.3. The predicted molar refractivity (Wildman–Crippen MR) is 76.4 cm³/mol. The second-order valence-corrected chi connectivity index (χ2v) is 5.31. The van der Waals surface area contributed by atoms with Crippen molar-refractivity contribution in [1.82, 2.24) is 10.3 Å². The van der Waals surface area contributed by atoms with Gasteiger partial charge in [-0.1, -0.05) is 38.8 Å². The van der Waals surface area contributed by atoms with Crippen molar-refractivity contribution in [2.75, 3.05) is 6.61 Å². The number of aliphatic hydroxyl groups excluding tert-OH is 1. The predicted octanol–water partition coefficient (Wildman–Crippen LogP) is 2.43. The van der Waals surface area contributed by atoms with E-state index in [-0.39, 0.29) is 24.5 Å². The lowest BCUT2D eigenvalue weighted by Gasteiger charge is -2.20. The van der Waals surface area contributed by atoms with E-state index >= 15 is 0 Å². The molecule has 1 aromatic heterocycles. The minimum Gasteiger partial charge on any atom is -0.394 e. The fraction of sp³-hybridized carbons (Fsp3) is 0.571. The number of carbonyl (C=O) groups is 1. The van der Waals surface area contributed by atoms with Crippen molar-refractivity contribution in [3.63, 3.8) is 0 Å². The van der Waals surface area contributed by atoms with Crippen LogP contribution in [0.1, 0.15) is 43.2 Å². The van der Waals surface area contributed by atoms with Crippen molar-refractivity contribution in [3.05, 3.63) is 28.5 Å². The van der Waals surface area contributed by atoms with Crippen LogP contribution in [0.15, 0.2) is 12.1 Å². The van der Waals surface area contributed by atoms with E-state index in [2.05, 4.69) is 10.3 Å². The Balaban J connectivity index is 2.86. The minimum absolute atomic E-state index is 0.0793. The zero-order valence-electron chi connectivity index (χ0n) is 11.6. The maximum Gasteiger partial charge on any atom is 0.251 e. The monoisotopic (exact) mass is 284 g/mol. The van der Waals surface area contributed by atoms with Crippen LogP contribution >= 0.6 is 11.6 Å². The Bertz CT molecular complexity index is 435. The summed E-state index contributed by atoms with van der Waals surface area (Å²) in [6, 6.07) is 3.04. The lowest BCUT2D eigenvalue weighted by Crippen LogP contribution is -2.41. The minimum atomic E-state index is -0.255. The van der Waals surface area contributed by atoms with E-state index in [1.807, 2.05) is 20.8 Å². The van der Waals surface area contributed by atoms with Crippen LogP contribution in [-0.2, 0) is 6.42 Å². The highest BCUT2D eigenvalue weighted by Gasteiger charge is 2.17. The normalized spacial score (nSPS) is 12.5. The highest BCUT2D eigenvalue weighted by molar-refractivity contribution is 6.29. The summed E-state index contributed by atoms with van der Waals surface area (Å²) in [5.41, 5.74) is 1.30. The number of aliphatic hydroxyl groups is 1. The summed E-state index contributed by atoms with van der Waals surface area (Å²) in [5.74, 6) is -0.0595. The quantitative estimate of drug-likeness (QED) is 0.789. The SMILES string of the molecule is CCCc1cc(C(=O)NC(CO)C(C)C)cc(Cl)n1. The van der Waals surface area contributed by atoms with Crippen LogP contribution < -0.4 is 5.32 Å². The van der Waals surface area contributed by atoms with Gasteiger partial charge in [-0.3, -0.25) is 4.79 Å². The molecule has 0 fully saturated rings.